The number of nitrogens with one attached hydrogen (secondary N) is 3. The monoisotopic (exact) mass is 397 g/mol. The van der Waals surface area contributed by atoms with E-state index in [-0.39, 0.29) is 28.9 Å². The van der Waals surface area contributed by atoms with Gasteiger partial charge in [0.25, 0.3) is 5.91 Å². The molecule has 0 aliphatic heterocycles. The molecular weight excluding hydrogens is 374 g/mol. The lowest BCUT2D eigenvalue weighted by atomic mass is 9.81. The summed E-state index contributed by atoms with van der Waals surface area (Å²) in [5, 5.41) is 9.39. The van der Waals surface area contributed by atoms with Crippen molar-refractivity contribution in [2.45, 2.75) is 31.3 Å². The molecule has 1 aliphatic rings. The molecule has 0 unspecified atom stereocenters. The Hall–Kier alpha value is -1.77. The van der Waals surface area contributed by atoms with E-state index in [1.165, 1.54) is 6.20 Å². The van der Waals surface area contributed by atoms with Gasteiger partial charge in [-0.2, -0.15) is 0 Å². The van der Waals surface area contributed by atoms with Gasteiger partial charge in [-0.25, -0.2) is 4.98 Å². The van der Waals surface area contributed by atoms with Gasteiger partial charge in [0, 0.05) is 32.1 Å². The summed E-state index contributed by atoms with van der Waals surface area (Å²) in [6.45, 7) is 0. The summed E-state index contributed by atoms with van der Waals surface area (Å²) in [6, 6.07) is 3.30. The molecule has 9 heteroatoms. The first-order valence-corrected chi connectivity index (χ1v) is 9.22. The van der Waals surface area contributed by atoms with Gasteiger partial charge in [0.1, 0.15) is 5.15 Å². The smallest absolute Gasteiger partial charge is 0.283 e. The van der Waals surface area contributed by atoms with E-state index in [1.807, 2.05) is 7.05 Å². The Morgan fingerprint density at radius 1 is 1.27 bits per heavy atom. The van der Waals surface area contributed by atoms with Gasteiger partial charge in [-0.05, 0) is 38.4 Å². The van der Waals surface area contributed by atoms with Gasteiger partial charge < -0.3 is 20.9 Å². The number of carbonyl (C=O) groups is 2. The molecule has 0 saturated heterocycles. The average molecular weight is 398 g/mol. The lowest BCUT2D eigenvalue weighted by Gasteiger charge is -2.37. The summed E-state index contributed by atoms with van der Waals surface area (Å²) in [5.74, 6) is -0.271. The highest BCUT2D eigenvalue weighted by Crippen LogP contribution is 2.26. The van der Waals surface area contributed by atoms with Crippen molar-refractivity contribution in [3.63, 3.8) is 0 Å². The molecule has 0 bridgehead atoms. The van der Waals surface area contributed by atoms with Crippen molar-refractivity contribution in [1.29, 1.82) is 0 Å². The zero-order chi connectivity index (χ0) is 19.3. The number of likely N-dealkylation sites (N-methyl/N-ethyl adjacent to an activating group) is 1. The van der Waals surface area contributed by atoms with E-state index in [0.717, 1.165) is 12.8 Å². The van der Waals surface area contributed by atoms with Crippen LogP contribution in [0.15, 0.2) is 18.3 Å². The fourth-order valence-corrected chi connectivity index (χ4v) is 3.44. The average Bonchev–Trinajstić information content (AvgIpc) is 2.63. The first kappa shape index (κ1) is 20.5. The van der Waals surface area contributed by atoms with Gasteiger partial charge >= 0.3 is 0 Å². The standard InChI is InChI=1S/C17H24ClN5O2S/c1-19-13-8-10(17(25)23(2)3)4-6-12(13)22-16(26)15(24)21-11-5-7-14(18)20-9-11/h5,7,9-10,12-13,19H,4,6,8H2,1-3H3,(H,21,24)(H,22,26)/t10-,12-,13+/m0/s1. The van der Waals surface area contributed by atoms with Crippen LogP contribution in [0.1, 0.15) is 19.3 Å². The molecule has 26 heavy (non-hydrogen) atoms. The Morgan fingerprint density at radius 3 is 2.58 bits per heavy atom. The minimum absolute atomic E-state index is 0.00666. The van der Waals surface area contributed by atoms with E-state index in [2.05, 4.69) is 20.9 Å². The molecule has 1 saturated carbocycles. The second-order valence-corrected chi connectivity index (χ2v) is 7.34. The number of hydrogen-bond donors (Lipinski definition) is 3. The summed E-state index contributed by atoms with van der Waals surface area (Å²) < 4.78 is 0. The molecular formula is C17H24ClN5O2S. The van der Waals surface area contributed by atoms with E-state index in [1.54, 1.807) is 31.1 Å². The lowest BCUT2D eigenvalue weighted by Crippen LogP contribution is -2.55. The van der Waals surface area contributed by atoms with Crippen molar-refractivity contribution in [2.75, 3.05) is 26.5 Å². The fourth-order valence-electron chi connectivity index (χ4n) is 3.12. The van der Waals surface area contributed by atoms with Crippen molar-refractivity contribution in [1.82, 2.24) is 20.5 Å². The molecule has 0 spiro atoms. The third kappa shape index (κ3) is 5.36. The Bertz CT molecular complexity index is 668. The SMILES string of the molecule is CN[C@@H]1C[C@@H](C(=O)N(C)C)CC[C@@H]1NC(=S)C(=O)Nc1ccc(Cl)nc1. The second kappa shape index (κ2) is 9.25. The Labute approximate surface area is 163 Å². The van der Waals surface area contributed by atoms with Crippen LogP contribution in [0.3, 0.4) is 0 Å². The molecule has 3 atom stereocenters. The third-order valence-corrected chi connectivity index (χ3v) is 5.05. The van der Waals surface area contributed by atoms with Crippen molar-refractivity contribution in [3.05, 3.63) is 23.5 Å². The van der Waals surface area contributed by atoms with Crippen molar-refractivity contribution in [2.24, 2.45) is 5.92 Å². The number of carbonyl (C=O) groups excluding carboxylic acids is 2. The number of rotatable bonds is 4. The zero-order valence-electron chi connectivity index (χ0n) is 15.1. The van der Waals surface area contributed by atoms with Crippen LogP contribution in [0.2, 0.25) is 5.15 Å². The quantitative estimate of drug-likeness (QED) is 0.526. The van der Waals surface area contributed by atoms with Crippen molar-refractivity contribution in [3.8, 4) is 0 Å². The maximum Gasteiger partial charge on any atom is 0.283 e. The van der Waals surface area contributed by atoms with Crippen molar-refractivity contribution >= 4 is 46.3 Å². The number of hydrogen-bond acceptors (Lipinski definition) is 5. The first-order valence-electron chi connectivity index (χ1n) is 8.43. The molecule has 2 rings (SSSR count). The fraction of sp³-hybridized carbons (Fsp3) is 0.529. The minimum Gasteiger partial charge on any atom is -0.367 e. The van der Waals surface area contributed by atoms with Gasteiger partial charge in [-0.1, -0.05) is 23.8 Å². The van der Waals surface area contributed by atoms with Crippen LogP contribution in [0, 0.1) is 5.92 Å². The van der Waals surface area contributed by atoms with Crippen LogP contribution in [0.4, 0.5) is 5.69 Å². The normalized spacial score (nSPS) is 22.4. The van der Waals surface area contributed by atoms with Gasteiger partial charge in [0.2, 0.25) is 5.91 Å². The summed E-state index contributed by atoms with van der Waals surface area (Å²) in [6.07, 6.45) is 3.69. The molecule has 0 radical (unpaired) electrons. The number of halogens is 1. The highest BCUT2D eigenvalue weighted by Gasteiger charge is 2.34. The zero-order valence-corrected chi connectivity index (χ0v) is 16.7. The van der Waals surface area contributed by atoms with E-state index in [4.69, 9.17) is 23.8 Å². The van der Waals surface area contributed by atoms with Gasteiger partial charge in [0.05, 0.1) is 11.9 Å². The largest absolute Gasteiger partial charge is 0.367 e. The van der Waals surface area contributed by atoms with Crippen LogP contribution in [-0.2, 0) is 9.59 Å². The van der Waals surface area contributed by atoms with E-state index in [9.17, 15) is 9.59 Å². The number of nitrogens with zero attached hydrogens (tertiary/aromatic N) is 2. The topological polar surface area (TPSA) is 86.4 Å². The van der Waals surface area contributed by atoms with E-state index in [0.29, 0.717) is 17.3 Å². The third-order valence-electron chi connectivity index (χ3n) is 4.52. The van der Waals surface area contributed by atoms with Gasteiger partial charge in [0.15, 0.2) is 4.99 Å². The highest BCUT2D eigenvalue weighted by molar-refractivity contribution is 7.82. The van der Waals surface area contributed by atoms with Crippen LogP contribution in [0.25, 0.3) is 0 Å². The highest BCUT2D eigenvalue weighted by atomic mass is 35.5. The molecule has 7 nitrogen and oxygen atoms in total. The molecule has 142 valence electrons. The van der Waals surface area contributed by atoms with Crippen LogP contribution in [-0.4, -0.2) is 59.9 Å². The minimum atomic E-state index is -0.398. The van der Waals surface area contributed by atoms with Gasteiger partial charge in [-0.15, -0.1) is 0 Å². The molecule has 2 amide bonds. The number of anilines is 1. The van der Waals surface area contributed by atoms with Crippen LogP contribution < -0.4 is 16.0 Å². The number of pyridine rings is 1. The molecule has 3 N–H and O–H groups in total. The van der Waals surface area contributed by atoms with E-state index < -0.39 is 5.91 Å². The van der Waals surface area contributed by atoms with E-state index >= 15 is 0 Å². The van der Waals surface area contributed by atoms with Crippen molar-refractivity contribution < 1.29 is 9.59 Å². The van der Waals surface area contributed by atoms with Gasteiger partial charge in [-0.3, -0.25) is 9.59 Å². The van der Waals surface area contributed by atoms with Crippen LogP contribution in [0.5, 0.6) is 0 Å². The first-order chi connectivity index (χ1) is 12.3. The predicted octanol–water partition coefficient (Wildman–Crippen LogP) is 1.44. The Kier molecular flexibility index (Phi) is 7.31. The Morgan fingerprint density at radius 2 is 2.00 bits per heavy atom. The molecule has 1 aromatic heterocycles. The summed E-state index contributed by atoms with van der Waals surface area (Å²) in [7, 11) is 5.39. The molecule has 1 heterocycles. The molecule has 1 aromatic rings. The van der Waals surface area contributed by atoms with Crippen LogP contribution >= 0.6 is 23.8 Å². The summed E-state index contributed by atoms with van der Waals surface area (Å²) >= 11 is 11.0. The maximum absolute atomic E-state index is 12.3. The number of aromatic nitrogens is 1. The summed E-state index contributed by atoms with van der Waals surface area (Å²) in [4.78, 5) is 30.1. The Balaban J connectivity index is 1.92. The summed E-state index contributed by atoms with van der Waals surface area (Å²) in [5.41, 5.74) is 0.522. The predicted molar refractivity (Wildman–Crippen MR) is 106 cm³/mol. The second-order valence-electron chi connectivity index (χ2n) is 6.54. The maximum atomic E-state index is 12.3. The number of amides is 2. The number of thiocarbonyl (C=S) groups is 1. The molecule has 0 aromatic carbocycles. The lowest BCUT2D eigenvalue weighted by molar-refractivity contribution is -0.134. The molecule has 1 fully saturated rings. The molecule has 1 aliphatic carbocycles.